The van der Waals surface area contributed by atoms with Crippen molar-refractivity contribution in [3.05, 3.63) is 26.6 Å². The summed E-state index contributed by atoms with van der Waals surface area (Å²) in [6.45, 7) is 4.44. The first-order valence-corrected chi connectivity index (χ1v) is 6.98. The fourth-order valence-electron chi connectivity index (χ4n) is 1.97. The Balaban J connectivity index is 2.28. The number of thiophene rings is 1. The van der Waals surface area contributed by atoms with Crippen molar-refractivity contribution in [3.63, 3.8) is 0 Å². The first kappa shape index (κ1) is 14.7. The van der Waals surface area contributed by atoms with Gasteiger partial charge in [-0.25, -0.2) is 4.98 Å². The summed E-state index contributed by atoms with van der Waals surface area (Å²) >= 11 is 1.51. The van der Waals surface area contributed by atoms with Gasteiger partial charge < -0.3 is 9.72 Å². The number of methoxy groups -OCH3 is 1. The Bertz CT molecular complexity index is 705. The molecule has 2 rings (SSSR count). The first-order chi connectivity index (χ1) is 9.42. The van der Waals surface area contributed by atoms with Crippen LogP contribution in [0.4, 0.5) is 0 Å². The Morgan fingerprint density at radius 1 is 1.45 bits per heavy atom. The van der Waals surface area contributed by atoms with E-state index in [1.807, 2.05) is 13.8 Å². The normalized spacial score (nSPS) is 11.2. The van der Waals surface area contributed by atoms with Crippen molar-refractivity contribution in [1.82, 2.24) is 14.9 Å². The number of aromatic nitrogens is 2. The number of rotatable bonds is 4. The number of likely N-dealkylation sites (N-methyl/N-ethyl adjacent to an activating group) is 1. The minimum atomic E-state index is -0.321. The van der Waals surface area contributed by atoms with Gasteiger partial charge in [0.2, 0.25) is 0 Å². The van der Waals surface area contributed by atoms with Gasteiger partial charge in [-0.05, 0) is 26.5 Å². The highest BCUT2D eigenvalue weighted by atomic mass is 32.1. The molecule has 0 aliphatic heterocycles. The molecule has 0 unspecified atom stereocenters. The number of hydrogen-bond donors (Lipinski definition) is 1. The second-order valence-corrected chi connectivity index (χ2v) is 5.93. The summed E-state index contributed by atoms with van der Waals surface area (Å²) in [6, 6.07) is 0. The van der Waals surface area contributed by atoms with Crippen molar-refractivity contribution in [3.8, 4) is 0 Å². The van der Waals surface area contributed by atoms with Crippen molar-refractivity contribution in [2.45, 2.75) is 20.4 Å². The molecule has 0 aliphatic rings. The smallest absolute Gasteiger partial charge is 0.319 e. The summed E-state index contributed by atoms with van der Waals surface area (Å²) in [7, 11) is 3.12. The van der Waals surface area contributed by atoms with Crippen LogP contribution in [0.5, 0.6) is 0 Å². The van der Waals surface area contributed by atoms with Crippen LogP contribution < -0.4 is 5.56 Å². The van der Waals surface area contributed by atoms with E-state index in [2.05, 4.69) is 14.7 Å². The molecule has 7 heteroatoms. The lowest BCUT2D eigenvalue weighted by atomic mass is 10.2. The fourth-order valence-corrected chi connectivity index (χ4v) is 3.02. The summed E-state index contributed by atoms with van der Waals surface area (Å²) in [5.41, 5.74) is 0.853. The molecule has 2 aromatic rings. The lowest BCUT2D eigenvalue weighted by Gasteiger charge is -2.13. The molecule has 0 saturated heterocycles. The molecule has 0 radical (unpaired) electrons. The van der Waals surface area contributed by atoms with Gasteiger partial charge in [0.15, 0.2) is 0 Å². The van der Waals surface area contributed by atoms with E-state index in [0.29, 0.717) is 17.8 Å². The van der Waals surface area contributed by atoms with Crippen molar-refractivity contribution in [2.24, 2.45) is 0 Å². The molecule has 0 saturated carbocycles. The maximum atomic E-state index is 12.1. The lowest BCUT2D eigenvalue weighted by Crippen LogP contribution is -2.28. The quantitative estimate of drug-likeness (QED) is 0.858. The minimum Gasteiger partial charge on any atom is -0.468 e. The first-order valence-electron chi connectivity index (χ1n) is 6.16. The van der Waals surface area contributed by atoms with E-state index in [9.17, 15) is 9.59 Å². The SMILES string of the molecule is COC(=O)CN(C)Cc1nc2sc(C)c(C)c2c(=O)[nH]1. The molecule has 2 heterocycles. The Morgan fingerprint density at radius 2 is 2.15 bits per heavy atom. The third kappa shape index (κ3) is 2.88. The van der Waals surface area contributed by atoms with Crippen molar-refractivity contribution >= 4 is 27.5 Å². The van der Waals surface area contributed by atoms with Crippen LogP contribution in [0.1, 0.15) is 16.3 Å². The molecule has 108 valence electrons. The van der Waals surface area contributed by atoms with Gasteiger partial charge in [-0.2, -0.15) is 0 Å². The second kappa shape index (κ2) is 5.72. The van der Waals surface area contributed by atoms with E-state index in [0.717, 1.165) is 15.3 Å². The predicted molar refractivity (Wildman–Crippen MR) is 78.1 cm³/mol. The predicted octanol–water partition coefficient (Wildman–Crippen LogP) is 1.21. The number of nitrogens with one attached hydrogen (secondary N) is 1. The molecule has 6 nitrogen and oxygen atoms in total. The Kier molecular flexibility index (Phi) is 4.20. The number of carbonyl (C=O) groups is 1. The number of aryl methyl sites for hydroxylation is 2. The van der Waals surface area contributed by atoms with E-state index >= 15 is 0 Å². The summed E-state index contributed by atoms with van der Waals surface area (Å²) in [5.74, 6) is 0.230. The highest BCUT2D eigenvalue weighted by molar-refractivity contribution is 7.18. The molecular weight excluding hydrogens is 278 g/mol. The molecule has 0 spiro atoms. The Labute approximate surface area is 120 Å². The number of ether oxygens (including phenoxy) is 1. The average molecular weight is 295 g/mol. The zero-order valence-electron chi connectivity index (χ0n) is 11.9. The monoisotopic (exact) mass is 295 g/mol. The van der Waals surface area contributed by atoms with E-state index in [-0.39, 0.29) is 18.1 Å². The number of fused-ring (bicyclic) bond motifs is 1. The van der Waals surface area contributed by atoms with Crippen LogP contribution in [0.3, 0.4) is 0 Å². The summed E-state index contributed by atoms with van der Waals surface area (Å²) < 4.78 is 4.60. The highest BCUT2D eigenvalue weighted by Gasteiger charge is 2.13. The number of H-pyrrole nitrogens is 1. The largest absolute Gasteiger partial charge is 0.468 e. The third-order valence-electron chi connectivity index (χ3n) is 3.13. The van der Waals surface area contributed by atoms with Crippen LogP contribution in [-0.2, 0) is 16.1 Å². The number of aromatic amines is 1. The van der Waals surface area contributed by atoms with Gasteiger partial charge in [-0.3, -0.25) is 14.5 Å². The number of esters is 1. The zero-order chi connectivity index (χ0) is 14.9. The van der Waals surface area contributed by atoms with Crippen LogP contribution in [-0.4, -0.2) is 41.5 Å². The topological polar surface area (TPSA) is 75.3 Å². The molecule has 0 atom stereocenters. The van der Waals surface area contributed by atoms with E-state index in [1.165, 1.54) is 18.4 Å². The molecular formula is C13H17N3O3S. The lowest BCUT2D eigenvalue weighted by molar-refractivity contribution is -0.141. The van der Waals surface area contributed by atoms with Crippen molar-refractivity contribution in [2.75, 3.05) is 20.7 Å². The van der Waals surface area contributed by atoms with Gasteiger partial charge >= 0.3 is 5.97 Å². The van der Waals surface area contributed by atoms with Crippen molar-refractivity contribution < 1.29 is 9.53 Å². The molecule has 1 N–H and O–H groups in total. The standard InChI is InChI=1S/C13H17N3O3S/c1-7-8(2)20-13-11(7)12(18)14-9(15-13)5-16(3)6-10(17)19-4/h5-6H2,1-4H3,(H,14,15,18). The second-order valence-electron chi connectivity index (χ2n) is 4.72. The van der Waals surface area contributed by atoms with Crippen LogP contribution in [0.2, 0.25) is 0 Å². The van der Waals surface area contributed by atoms with Crippen LogP contribution in [0.15, 0.2) is 4.79 Å². The number of nitrogens with zero attached hydrogens (tertiary/aromatic N) is 2. The molecule has 0 aliphatic carbocycles. The Morgan fingerprint density at radius 3 is 2.80 bits per heavy atom. The van der Waals surface area contributed by atoms with Gasteiger partial charge in [0, 0.05) is 4.88 Å². The average Bonchev–Trinajstić information content (AvgIpc) is 2.64. The summed E-state index contributed by atoms with van der Waals surface area (Å²) in [5, 5.41) is 0.659. The highest BCUT2D eigenvalue weighted by Crippen LogP contribution is 2.25. The minimum absolute atomic E-state index is 0.127. The van der Waals surface area contributed by atoms with Crippen LogP contribution >= 0.6 is 11.3 Å². The summed E-state index contributed by atoms with van der Waals surface area (Å²) in [6.07, 6.45) is 0. The van der Waals surface area contributed by atoms with E-state index in [1.54, 1.807) is 11.9 Å². The maximum absolute atomic E-state index is 12.1. The molecule has 2 aromatic heterocycles. The van der Waals surface area contributed by atoms with Gasteiger partial charge in [0.05, 0.1) is 25.6 Å². The van der Waals surface area contributed by atoms with Gasteiger partial charge in [0.25, 0.3) is 5.56 Å². The van der Waals surface area contributed by atoms with E-state index < -0.39 is 0 Å². The van der Waals surface area contributed by atoms with Gasteiger partial charge in [-0.15, -0.1) is 11.3 Å². The summed E-state index contributed by atoms with van der Waals surface area (Å²) in [4.78, 5) is 34.1. The zero-order valence-corrected chi connectivity index (χ0v) is 12.8. The molecule has 0 aromatic carbocycles. The molecule has 0 bridgehead atoms. The third-order valence-corrected chi connectivity index (χ3v) is 4.24. The van der Waals surface area contributed by atoms with Gasteiger partial charge in [0.1, 0.15) is 10.7 Å². The molecule has 0 amide bonds. The number of hydrogen-bond acceptors (Lipinski definition) is 6. The van der Waals surface area contributed by atoms with Crippen LogP contribution in [0.25, 0.3) is 10.2 Å². The fraction of sp³-hybridized carbons (Fsp3) is 0.462. The molecule has 20 heavy (non-hydrogen) atoms. The maximum Gasteiger partial charge on any atom is 0.319 e. The molecule has 0 fully saturated rings. The van der Waals surface area contributed by atoms with Crippen LogP contribution in [0, 0.1) is 13.8 Å². The van der Waals surface area contributed by atoms with Gasteiger partial charge in [-0.1, -0.05) is 0 Å². The van der Waals surface area contributed by atoms with Crippen molar-refractivity contribution in [1.29, 1.82) is 0 Å². The Hall–Kier alpha value is -1.73. The van der Waals surface area contributed by atoms with E-state index in [4.69, 9.17) is 0 Å². The number of carbonyl (C=O) groups excluding carboxylic acids is 1.